The summed E-state index contributed by atoms with van der Waals surface area (Å²) < 4.78 is 34.2. The van der Waals surface area contributed by atoms with Crippen LogP contribution in [-0.2, 0) is 23.0 Å². The number of sulfonamides is 1. The van der Waals surface area contributed by atoms with Crippen LogP contribution in [0.3, 0.4) is 0 Å². The second-order valence-corrected chi connectivity index (χ2v) is 8.06. The molecule has 0 aliphatic carbocycles. The number of aromatic nitrogens is 1. The molecule has 4 rings (SSSR count). The van der Waals surface area contributed by atoms with Gasteiger partial charge >= 0.3 is 5.76 Å². The third-order valence-electron chi connectivity index (χ3n) is 4.45. The average Bonchev–Trinajstić information content (AvgIpc) is 3.14. The molecule has 2 aromatic carbocycles. The lowest BCUT2D eigenvalue weighted by atomic mass is 10.2. The van der Waals surface area contributed by atoms with Crippen molar-refractivity contribution in [2.75, 3.05) is 10.8 Å². The molecule has 130 valence electrons. The van der Waals surface area contributed by atoms with Crippen molar-refractivity contribution >= 4 is 38.4 Å². The zero-order valence-corrected chi connectivity index (χ0v) is 15.0. The van der Waals surface area contributed by atoms with Gasteiger partial charge in [0, 0.05) is 19.2 Å². The number of anilines is 1. The lowest BCUT2D eigenvalue weighted by Gasteiger charge is -2.20. The van der Waals surface area contributed by atoms with Crippen molar-refractivity contribution in [2.45, 2.75) is 24.8 Å². The van der Waals surface area contributed by atoms with Crippen molar-refractivity contribution in [3.63, 3.8) is 0 Å². The fraction of sp³-hybridized carbons (Fsp3) is 0.235. The highest BCUT2D eigenvalue weighted by Gasteiger charge is 2.33. The SMILES string of the molecule is CCn1c(=O)oc2cc(S(=O)(=O)N3CCc4ccccc43)c(Cl)cc21. The maximum absolute atomic E-state index is 13.1. The standard InChI is InChI=1S/C17H15ClN2O4S/c1-2-19-14-9-12(18)16(10-15(14)24-17(19)21)25(22,23)20-8-7-11-5-3-4-6-13(11)20/h3-6,9-10H,2,7-8H2,1H3. The first kappa shape index (κ1) is 16.2. The summed E-state index contributed by atoms with van der Waals surface area (Å²) in [5, 5.41) is 0.0693. The number of nitrogens with zero attached hydrogens (tertiary/aromatic N) is 2. The van der Waals surface area contributed by atoms with Crippen LogP contribution in [0.1, 0.15) is 12.5 Å². The second kappa shape index (κ2) is 5.64. The van der Waals surface area contributed by atoms with Gasteiger partial charge < -0.3 is 4.42 Å². The molecule has 0 spiro atoms. The number of oxazole rings is 1. The largest absolute Gasteiger partial charge is 0.419 e. The predicted molar refractivity (Wildman–Crippen MR) is 95.8 cm³/mol. The second-order valence-electron chi connectivity index (χ2n) is 5.82. The highest BCUT2D eigenvalue weighted by molar-refractivity contribution is 7.93. The molecule has 6 nitrogen and oxygen atoms in total. The Morgan fingerprint density at radius 3 is 2.76 bits per heavy atom. The summed E-state index contributed by atoms with van der Waals surface area (Å²) in [6, 6.07) is 10.2. The normalized spacial score (nSPS) is 14.2. The number of hydrogen-bond donors (Lipinski definition) is 0. The van der Waals surface area contributed by atoms with E-state index in [9.17, 15) is 13.2 Å². The minimum absolute atomic E-state index is 0.0598. The Kier molecular flexibility index (Phi) is 3.66. The molecule has 25 heavy (non-hydrogen) atoms. The Labute approximate surface area is 149 Å². The fourth-order valence-corrected chi connectivity index (χ4v) is 5.26. The van der Waals surface area contributed by atoms with Crippen LogP contribution in [0.15, 0.2) is 50.5 Å². The number of fused-ring (bicyclic) bond motifs is 2. The maximum Gasteiger partial charge on any atom is 0.419 e. The van der Waals surface area contributed by atoms with Gasteiger partial charge in [-0.1, -0.05) is 29.8 Å². The van der Waals surface area contributed by atoms with Gasteiger partial charge in [-0.25, -0.2) is 13.2 Å². The molecule has 0 saturated heterocycles. The monoisotopic (exact) mass is 378 g/mol. The Morgan fingerprint density at radius 1 is 1.24 bits per heavy atom. The lowest BCUT2D eigenvalue weighted by molar-refractivity contribution is 0.512. The van der Waals surface area contributed by atoms with Gasteiger partial charge in [0.25, 0.3) is 10.0 Å². The van der Waals surface area contributed by atoms with E-state index in [0.29, 0.717) is 30.7 Å². The molecule has 3 aromatic rings. The minimum atomic E-state index is -3.85. The summed E-state index contributed by atoms with van der Waals surface area (Å²) in [5.41, 5.74) is 2.33. The van der Waals surface area contributed by atoms with Crippen molar-refractivity contribution in [1.82, 2.24) is 4.57 Å². The van der Waals surface area contributed by atoms with Crippen LogP contribution in [0.2, 0.25) is 5.02 Å². The molecule has 0 atom stereocenters. The molecule has 0 N–H and O–H groups in total. The van der Waals surface area contributed by atoms with E-state index in [0.717, 1.165) is 5.56 Å². The Morgan fingerprint density at radius 2 is 2.00 bits per heavy atom. The van der Waals surface area contributed by atoms with Gasteiger partial charge in [0.05, 0.1) is 16.2 Å². The quantitative estimate of drug-likeness (QED) is 0.702. The lowest BCUT2D eigenvalue weighted by Crippen LogP contribution is -2.29. The van der Waals surface area contributed by atoms with Crippen LogP contribution in [0.25, 0.3) is 11.1 Å². The summed E-state index contributed by atoms with van der Waals surface area (Å²) in [4.78, 5) is 11.8. The molecule has 0 unspecified atom stereocenters. The number of hydrogen-bond acceptors (Lipinski definition) is 4. The van der Waals surface area contributed by atoms with Crippen LogP contribution in [0.4, 0.5) is 5.69 Å². The number of halogens is 1. The number of benzene rings is 2. The molecule has 2 heterocycles. The summed E-state index contributed by atoms with van der Waals surface area (Å²) in [7, 11) is -3.85. The molecule has 0 amide bonds. The predicted octanol–water partition coefficient (Wildman–Crippen LogP) is 3.02. The van der Waals surface area contributed by atoms with Gasteiger partial charge in [-0.2, -0.15) is 0 Å². The van der Waals surface area contributed by atoms with E-state index in [1.807, 2.05) is 12.1 Å². The first-order chi connectivity index (χ1) is 11.9. The molecule has 0 radical (unpaired) electrons. The Balaban J connectivity index is 1.89. The van der Waals surface area contributed by atoms with Crippen LogP contribution >= 0.6 is 11.6 Å². The Bertz CT molecular complexity index is 1150. The van der Waals surface area contributed by atoms with Crippen LogP contribution in [-0.4, -0.2) is 19.5 Å². The van der Waals surface area contributed by atoms with Gasteiger partial charge in [-0.15, -0.1) is 0 Å². The summed E-state index contributed by atoms with van der Waals surface area (Å²) in [6.07, 6.45) is 0.649. The molecule has 0 bridgehead atoms. The van der Waals surface area contributed by atoms with Gasteiger partial charge in [0.1, 0.15) is 4.90 Å². The molecule has 1 aromatic heterocycles. The summed E-state index contributed by atoms with van der Waals surface area (Å²) in [5.74, 6) is -0.533. The van der Waals surface area contributed by atoms with E-state index in [2.05, 4.69) is 0 Å². The van der Waals surface area contributed by atoms with Crippen molar-refractivity contribution in [3.05, 3.63) is 57.5 Å². The van der Waals surface area contributed by atoms with Gasteiger partial charge in [-0.3, -0.25) is 8.87 Å². The van der Waals surface area contributed by atoms with E-state index in [4.69, 9.17) is 16.0 Å². The summed E-state index contributed by atoms with van der Waals surface area (Å²) in [6.45, 7) is 2.57. The average molecular weight is 379 g/mol. The summed E-state index contributed by atoms with van der Waals surface area (Å²) >= 11 is 6.27. The van der Waals surface area contributed by atoms with Gasteiger partial charge in [0.15, 0.2) is 5.58 Å². The number of rotatable bonds is 3. The minimum Gasteiger partial charge on any atom is -0.408 e. The molecule has 0 saturated carbocycles. The van der Waals surface area contributed by atoms with Crippen molar-refractivity contribution < 1.29 is 12.8 Å². The van der Waals surface area contributed by atoms with Crippen molar-refractivity contribution in [1.29, 1.82) is 0 Å². The van der Waals surface area contributed by atoms with E-state index in [-0.39, 0.29) is 15.5 Å². The first-order valence-electron chi connectivity index (χ1n) is 7.87. The number of aryl methyl sites for hydroxylation is 1. The maximum atomic E-state index is 13.1. The highest BCUT2D eigenvalue weighted by Crippen LogP contribution is 2.36. The smallest absolute Gasteiger partial charge is 0.408 e. The fourth-order valence-electron chi connectivity index (χ4n) is 3.24. The van der Waals surface area contributed by atoms with Crippen molar-refractivity contribution in [3.8, 4) is 0 Å². The first-order valence-corrected chi connectivity index (χ1v) is 9.69. The molecule has 0 fully saturated rings. The highest BCUT2D eigenvalue weighted by atomic mass is 35.5. The zero-order valence-electron chi connectivity index (χ0n) is 13.4. The van der Waals surface area contributed by atoms with E-state index < -0.39 is 15.8 Å². The van der Waals surface area contributed by atoms with Gasteiger partial charge in [-0.05, 0) is 31.0 Å². The van der Waals surface area contributed by atoms with Crippen molar-refractivity contribution in [2.24, 2.45) is 0 Å². The molecule has 8 heteroatoms. The molecular formula is C17H15ClN2O4S. The molecule has 1 aliphatic rings. The van der Waals surface area contributed by atoms with Crippen LogP contribution in [0.5, 0.6) is 0 Å². The van der Waals surface area contributed by atoms with Crippen LogP contribution in [0, 0.1) is 0 Å². The van der Waals surface area contributed by atoms with Gasteiger partial charge in [0.2, 0.25) is 0 Å². The third kappa shape index (κ3) is 2.38. The number of para-hydroxylation sites is 1. The van der Waals surface area contributed by atoms with E-state index in [1.165, 1.54) is 21.0 Å². The topological polar surface area (TPSA) is 72.5 Å². The molecular weight excluding hydrogens is 364 g/mol. The van der Waals surface area contributed by atoms with E-state index >= 15 is 0 Å². The third-order valence-corrected chi connectivity index (χ3v) is 6.73. The zero-order chi connectivity index (χ0) is 17.8. The Hall–Kier alpha value is -2.25. The van der Waals surface area contributed by atoms with E-state index in [1.54, 1.807) is 19.1 Å². The molecule has 1 aliphatic heterocycles. The van der Waals surface area contributed by atoms with Crippen LogP contribution < -0.4 is 10.1 Å².